The highest BCUT2D eigenvalue weighted by atomic mass is 17.2. The summed E-state index contributed by atoms with van der Waals surface area (Å²) in [4.78, 5) is 36.5. The summed E-state index contributed by atoms with van der Waals surface area (Å²) in [5, 5.41) is 11.0. The first kappa shape index (κ1) is 17.0. The smallest absolute Gasteiger partial charge is 0.240 e. The molecule has 1 aromatic rings. The van der Waals surface area contributed by atoms with Crippen LogP contribution in [0.3, 0.4) is 0 Å². The molecule has 0 spiro atoms. The Labute approximate surface area is 141 Å². The quantitative estimate of drug-likeness (QED) is 0.633. The average molecular weight is 330 g/mol. The van der Waals surface area contributed by atoms with Gasteiger partial charge in [-0.3, -0.25) is 9.59 Å². The first-order valence-corrected chi connectivity index (χ1v) is 7.94. The number of Topliss-reactive ketones (excluding diaryl/α,β-unsaturated/α-hetero) is 2. The van der Waals surface area contributed by atoms with Crippen molar-refractivity contribution in [3.8, 4) is 0 Å². The predicted molar refractivity (Wildman–Crippen MR) is 86.6 cm³/mol. The topological polar surface area (TPSA) is 72.8 Å². The second-order valence-corrected chi connectivity index (χ2v) is 7.75. The molecular formula is C19H22O5. The second-order valence-electron chi connectivity index (χ2n) is 7.75. The number of benzene rings is 1. The van der Waals surface area contributed by atoms with E-state index in [2.05, 4.69) is 0 Å². The standard InChI is InChI=1S/C19H22O5/c1-16(2)14(20)13-11-18(5,12-9-7-6-8-10-12)23-24-19(13,22)17(3,4)15(16)21/h6-11,22H,1-5H3/t18-,19+/m1/s1. The van der Waals surface area contributed by atoms with E-state index < -0.39 is 28.0 Å². The highest BCUT2D eigenvalue weighted by Gasteiger charge is 2.67. The molecular weight excluding hydrogens is 308 g/mol. The van der Waals surface area contributed by atoms with Crippen molar-refractivity contribution in [2.24, 2.45) is 10.8 Å². The molecule has 1 heterocycles. The van der Waals surface area contributed by atoms with E-state index in [0.29, 0.717) is 0 Å². The van der Waals surface area contributed by atoms with Gasteiger partial charge in [-0.15, -0.1) is 0 Å². The number of hydrogen-bond donors (Lipinski definition) is 1. The van der Waals surface area contributed by atoms with Gasteiger partial charge >= 0.3 is 0 Å². The maximum Gasteiger partial charge on any atom is 0.240 e. The molecule has 0 radical (unpaired) electrons. The molecule has 1 saturated carbocycles. The van der Waals surface area contributed by atoms with Crippen molar-refractivity contribution in [3.63, 3.8) is 0 Å². The van der Waals surface area contributed by atoms with Gasteiger partial charge < -0.3 is 5.11 Å². The zero-order chi connectivity index (χ0) is 18.0. The lowest BCUT2D eigenvalue weighted by molar-refractivity contribution is -0.468. The Hall–Kier alpha value is -1.82. The lowest BCUT2D eigenvalue weighted by Crippen LogP contribution is -2.66. The fraction of sp³-hybridized carbons (Fsp3) is 0.474. The molecule has 0 unspecified atom stereocenters. The molecule has 5 nitrogen and oxygen atoms in total. The minimum Gasteiger partial charge on any atom is -0.359 e. The fourth-order valence-corrected chi connectivity index (χ4v) is 3.52. The van der Waals surface area contributed by atoms with E-state index in [4.69, 9.17) is 9.78 Å². The van der Waals surface area contributed by atoms with Crippen LogP contribution in [0, 0.1) is 10.8 Å². The van der Waals surface area contributed by atoms with Crippen LogP contribution in [0.15, 0.2) is 42.0 Å². The number of hydrogen-bond acceptors (Lipinski definition) is 5. The SMILES string of the molecule is CC1(C)C(=O)C2=C[C@](C)(c3ccccc3)OO[C@]2(O)C(C)(C)C1=O. The third-order valence-corrected chi connectivity index (χ3v) is 5.26. The first-order chi connectivity index (χ1) is 11.0. The maximum atomic E-state index is 12.9. The highest BCUT2D eigenvalue weighted by Crippen LogP contribution is 2.54. The molecule has 5 heteroatoms. The lowest BCUT2D eigenvalue weighted by Gasteiger charge is -2.52. The Morgan fingerprint density at radius 2 is 1.50 bits per heavy atom. The van der Waals surface area contributed by atoms with Gasteiger partial charge in [0.1, 0.15) is 5.60 Å². The van der Waals surface area contributed by atoms with Crippen LogP contribution >= 0.6 is 0 Å². The number of fused-ring (bicyclic) bond motifs is 1. The van der Waals surface area contributed by atoms with E-state index in [1.54, 1.807) is 40.7 Å². The van der Waals surface area contributed by atoms with Crippen LogP contribution in [-0.4, -0.2) is 22.5 Å². The largest absolute Gasteiger partial charge is 0.359 e. The number of aliphatic hydroxyl groups is 1. The van der Waals surface area contributed by atoms with Crippen molar-refractivity contribution in [1.82, 2.24) is 0 Å². The number of rotatable bonds is 1. The minimum absolute atomic E-state index is 0.0645. The van der Waals surface area contributed by atoms with Crippen molar-refractivity contribution in [2.45, 2.75) is 46.0 Å². The first-order valence-electron chi connectivity index (χ1n) is 7.94. The summed E-state index contributed by atoms with van der Waals surface area (Å²) in [5.41, 5.74) is -2.76. The molecule has 0 bridgehead atoms. The van der Waals surface area contributed by atoms with Crippen molar-refractivity contribution >= 4 is 11.6 Å². The van der Waals surface area contributed by atoms with Gasteiger partial charge in [0.15, 0.2) is 11.6 Å². The Balaban J connectivity index is 2.21. The zero-order valence-corrected chi connectivity index (χ0v) is 14.5. The summed E-state index contributed by atoms with van der Waals surface area (Å²) < 4.78 is 0. The number of ketones is 2. The van der Waals surface area contributed by atoms with Gasteiger partial charge in [0.2, 0.25) is 5.79 Å². The molecule has 2 aliphatic rings. The van der Waals surface area contributed by atoms with Crippen LogP contribution in [0.5, 0.6) is 0 Å². The van der Waals surface area contributed by atoms with Gasteiger partial charge in [0.05, 0.1) is 16.4 Å². The summed E-state index contributed by atoms with van der Waals surface area (Å²) in [6, 6.07) is 9.27. The Bertz CT molecular complexity index is 746. The van der Waals surface area contributed by atoms with Gasteiger partial charge in [0, 0.05) is 0 Å². The van der Waals surface area contributed by atoms with Crippen LogP contribution in [0.2, 0.25) is 0 Å². The van der Waals surface area contributed by atoms with E-state index in [1.807, 2.05) is 30.3 Å². The molecule has 0 amide bonds. The van der Waals surface area contributed by atoms with Gasteiger partial charge in [0.25, 0.3) is 0 Å². The minimum atomic E-state index is -2.11. The van der Waals surface area contributed by atoms with Crippen LogP contribution in [0.25, 0.3) is 0 Å². The molecule has 2 atom stereocenters. The Morgan fingerprint density at radius 1 is 0.917 bits per heavy atom. The van der Waals surface area contributed by atoms with E-state index in [0.717, 1.165) is 5.56 Å². The summed E-state index contributed by atoms with van der Waals surface area (Å²) in [7, 11) is 0. The number of carbonyl (C=O) groups excluding carboxylic acids is 2. The molecule has 0 aromatic heterocycles. The average Bonchev–Trinajstić information content (AvgIpc) is 2.55. The molecule has 1 aromatic carbocycles. The fourth-order valence-electron chi connectivity index (χ4n) is 3.52. The maximum absolute atomic E-state index is 12.9. The summed E-state index contributed by atoms with van der Waals surface area (Å²) >= 11 is 0. The van der Waals surface area contributed by atoms with Crippen LogP contribution in [0.4, 0.5) is 0 Å². The molecule has 0 saturated heterocycles. The van der Waals surface area contributed by atoms with Gasteiger partial charge in [-0.1, -0.05) is 30.3 Å². The normalized spacial score (nSPS) is 34.5. The summed E-state index contributed by atoms with van der Waals surface area (Å²) in [6.07, 6.45) is 1.57. The number of carbonyl (C=O) groups is 2. The Morgan fingerprint density at radius 3 is 2.08 bits per heavy atom. The third kappa shape index (κ3) is 1.98. The van der Waals surface area contributed by atoms with Crippen LogP contribution in [0.1, 0.15) is 40.2 Å². The van der Waals surface area contributed by atoms with E-state index in [1.165, 1.54) is 0 Å². The molecule has 1 aliphatic heterocycles. The molecule has 1 fully saturated rings. The third-order valence-electron chi connectivity index (χ3n) is 5.26. The molecule has 128 valence electrons. The molecule has 24 heavy (non-hydrogen) atoms. The zero-order valence-electron chi connectivity index (χ0n) is 14.5. The van der Waals surface area contributed by atoms with Gasteiger partial charge in [-0.05, 0) is 46.3 Å². The van der Waals surface area contributed by atoms with Crippen LogP contribution in [-0.2, 0) is 25.0 Å². The highest BCUT2D eigenvalue weighted by molar-refractivity contribution is 6.19. The predicted octanol–water partition coefficient (Wildman–Crippen LogP) is 2.68. The monoisotopic (exact) mass is 330 g/mol. The van der Waals surface area contributed by atoms with Gasteiger partial charge in [-0.2, -0.15) is 4.89 Å². The van der Waals surface area contributed by atoms with Crippen molar-refractivity contribution in [1.29, 1.82) is 0 Å². The van der Waals surface area contributed by atoms with Crippen molar-refractivity contribution in [2.75, 3.05) is 0 Å². The summed E-state index contributed by atoms with van der Waals surface area (Å²) in [5.74, 6) is -2.93. The molecule has 3 rings (SSSR count). The lowest BCUT2D eigenvalue weighted by atomic mass is 9.57. The van der Waals surface area contributed by atoms with Crippen molar-refractivity contribution < 1.29 is 24.5 Å². The Kier molecular flexibility index (Phi) is 3.44. The summed E-state index contributed by atoms with van der Waals surface area (Å²) in [6.45, 7) is 8.03. The molecule has 1 N–H and O–H groups in total. The van der Waals surface area contributed by atoms with Crippen LogP contribution < -0.4 is 0 Å². The van der Waals surface area contributed by atoms with Gasteiger partial charge in [-0.25, -0.2) is 4.89 Å². The van der Waals surface area contributed by atoms with Crippen molar-refractivity contribution in [3.05, 3.63) is 47.5 Å². The van der Waals surface area contributed by atoms with E-state index >= 15 is 0 Å². The molecule has 1 aliphatic carbocycles. The van der Waals surface area contributed by atoms with E-state index in [-0.39, 0.29) is 11.4 Å². The second kappa shape index (κ2) is 4.85. The van der Waals surface area contributed by atoms with E-state index in [9.17, 15) is 14.7 Å².